The topological polar surface area (TPSA) is 16.1 Å². The second-order valence-corrected chi connectivity index (χ2v) is 14.2. The molecule has 0 N–H and O–H groups in total. The first-order valence-corrected chi connectivity index (χ1v) is 18.6. The highest BCUT2D eigenvalue weighted by Gasteiger charge is 2.52. The molecule has 2 heteroatoms. The van der Waals surface area contributed by atoms with E-state index in [0.717, 1.165) is 27.8 Å². The van der Waals surface area contributed by atoms with E-state index in [2.05, 4.69) is 211 Å². The van der Waals surface area contributed by atoms with Gasteiger partial charge in [0.1, 0.15) is 0 Å². The molecule has 2 heterocycles. The minimum Gasteiger partial charge on any atom is -0.310 e. The second kappa shape index (κ2) is 12.0. The summed E-state index contributed by atoms with van der Waals surface area (Å²) >= 11 is 0. The highest BCUT2D eigenvalue weighted by atomic mass is 15.2. The molecule has 0 amide bonds. The van der Waals surface area contributed by atoms with E-state index >= 15 is 0 Å². The fourth-order valence-corrected chi connectivity index (χ4v) is 9.28. The van der Waals surface area contributed by atoms with Crippen molar-refractivity contribution < 1.29 is 0 Å². The summed E-state index contributed by atoms with van der Waals surface area (Å²) in [6.07, 6.45) is 0. The fraction of sp³-hybridized carbons (Fsp3) is 0.0192. The Morgan fingerprint density at radius 2 is 0.926 bits per heavy atom. The van der Waals surface area contributed by atoms with Crippen LogP contribution in [-0.2, 0) is 5.41 Å². The first kappa shape index (κ1) is 30.6. The van der Waals surface area contributed by atoms with Crippen LogP contribution in [-0.4, -0.2) is 4.98 Å². The molecule has 0 unspecified atom stereocenters. The first-order valence-electron chi connectivity index (χ1n) is 18.6. The molecule has 0 atom stereocenters. The summed E-state index contributed by atoms with van der Waals surface area (Å²) in [6, 6.07) is 75.1. The Morgan fingerprint density at radius 3 is 1.70 bits per heavy atom. The highest BCUT2D eigenvalue weighted by molar-refractivity contribution is 6.01. The molecule has 0 saturated heterocycles. The van der Waals surface area contributed by atoms with E-state index in [1.165, 1.54) is 67.0 Å². The summed E-state index contributed by atoms with van der Waals surface area (Å²) in [6.45, 7) is 0. The molecule has 54 heavy (non-hydrogen) atoms. The summed E-state index contributed by atoms with van der Waals surface area (Å²) in [4.78, 5) is 7.66. The molecule has 0 bridgehead atoms. The smallest absolute Gasteiger partial charge is 0.0754 e. The Labute approximate surface area is 315 Å². The van der Waals surface area contributed by atoms with Crippen LogP contribution in [0, 0.1) is 0 Å². The summed E-state index contributed by atoms with van der Waals surface area (Å²) in [5, 5.41) is 1.16. The maximum absolute atomic E-state index is 5.22. The Kier molecular flexibility index (Phi) is 6.80. The third-order valence-electron chi connectivity index (χ3n) is 11.5. The molecule has 0 radical (unpaired) electrons. The van der Waals surface area contributed by atoms with Gasteiger partial charge >= 0.3 is 0 Å². The Morgan fingerprint density at radius 1 is 0.370 bits per heavy atom. The van der Waals surface area contributed by atoms with Crippen molar-refractivity contribution in [2.45, 2.75) is 5.41 Å². The predicted molar refractivity (Wildman–Crippen MR) is 224 cm³/mol. The summed E-state index contributed by atoms with van der Waals surface area (Å²) in [5.41, 5.74) is 18.7. The molecule has 1 aromatic heterocycles. The third-order valence-corrected chi connectivity index (χ3v) is 11.5. The molecular formula is C52H34N2. The number of para-hydroxylation sites is 4. The van der Waals surface area contributed by atoms with Gasteiger partial charge < -0.3 is 4.90 Å². The van der Waals surface area contributed by atoms with Gasteiger partial charge in [-0.25, -0.2) is 4.98 Å². The van der Waals surface area contributed by atoms with Crippen LogP contribution in [0.3, 0.4) is 0 Å². The quantitative estimate of drug-likeness (QED) is 0.183. The predicted octanol–water partition coefficient (Wildman–Crippen LogP) is 13.4. The van der Waals surface area contributed by atoms with Gasteiger partial charge in [-0.1, -0.05) is 164 Å². The van der Waals surface area contributed by atoms with Crippen molar-refractivity contribution in [3.05, 3.63) is 229 Å². The zero-order chi connectivity index (χ0) is 35.6. The molecule has 252 valence electrons. The molecule has 2 aliphatic rings. The van der Waals surface area contributed by atoms with E-state index in [9.17, 15) is 0 Å². The lowest BCUT2D eigenvalue weighted by atomic mass is 9.64. The molecule has 8 aromatic carbocycles. The molecule has 11 rings (SSSR count). The number of aromatic nitrogens is 1. The number of rotatable bonds is 4. The summed E-state index contributed by atoms with van der Waals surface area (Å²) in [7, 11) is 0. The number of hydrogen-bond acceptors (Lipinski definition) is 2. The van der Waals surface area contributed by atoms with Crippen LogP contribution in [0.25, 0.3) is 55.5 Å². The van der Waals surface area contributed by atoms with E-state index in [1.807, 2.05) is 0 Å². The van der Waals surface area contributed by atoms with Gasteiger partial charge in [0.25, 0.3) is 0 Å². The van der Waals surface area contributed by atoms with Crippen LogP contribution in [0.5, 0.6) is 0 Å². The van der Waals surface area contributed by atoms with Crippen molar-refractivity contribution in [3.63, 3.8) is 0 Å². The summed E-state index contributed by atoms with van der Waals surface area (Å²) < 4.78 is 0. The maximum Gasteiger partial charge on any atom is 0.0754 e. The van der Waals surface area contributed by atoms with Crippen LogP contribution < -0.4 is 4.90 Å². The van der Waals surface area contributed by atoms with E-state index in [1.54, 1.807) is 0 Å². The average Bonchev–Trinajstić information content (AvgIpc) is 3.55. The molecule has 1 spiro atoms. The van der Waals surface area contributed by atoms with E-state index in [0.29, 0.717) is 0 Å². The van der Waals surface area contributed by atoms with E-state index < -0.39 is 5.41 Å². The van der Waals surface area contributed by atoms with Gasteiger partial charge in [-0.05, 0) is 98.1 Å². The Balaban J connectivity index is 1.14. The molecule has 9 aromatic rings. The van der Waals surface area contributed by atoms with Gasteiger partial charge in [-0.2, -0.15) is 0 Å². The van der Waals surface area contributed by atoms with Crippen molar-refractivity contribution in [2.75, 3.05) is 4.90 Å². The van der Waals surface area contributed by atoms with Crippen molar-refractivity contribution in [2.24, 2.45) is 0 Å². The van der Waals surface area contributed by atoms with Gasteiger partial charge in [0, 0.05) is 16.6 Å². The number of benzene rings is 8. The molecular weight excluding hydrogens is 653 g/mol. The normalized spacial score (nSPS) is 13.3. The number of nitrogens with zero attached hydrogens (tertiary/aromatic N) is 2. The molecule has 0 saturated carbocycles. The standard InChI is InChI=1S/C52H34N2/c1-3-17-35(18-4-1)42-34-48(53-47-30-12-8-23-40(42)47)37-20-15-19-36(33-37)39-25-16-29-46-51(39)41-24-7-9-26-43(41)52(46)44-27-10-13-31-49(44)54(38-21-5-2-6-22-38)50-32-14-11-28-45(50)52/h1-34H. The van der Waals surface area contributed by atoms with E-state index in [-0.39, 0.29) is 0 Å². The highest BCUT2D eigenvalue weighted by Crippen LogP contribution is 2.64. The van der Waals surface area contributed by atoms with E-state index in [4.69, 9.17) is 4.98 Å². The summed E-state index contributed by atoms with van der Waals surface area (Å²) in [5.74, 6) is 0. The van der Waals surface area contributed by atoms with Crippen LogP contribution in [0.1, 0.15) is 22.3 Å². The lowest BCUT2D eigenvalue weighted by Gasteiger charge is -2.45. The number of hydrogen-bond donors (Lipinski definition) is 0. The van der Waals surface area contributed by atoms with Crippen LogP contribution in [0.15, 0.2) is 206 Å². The number of anilines is 3. The monoisotopic (exact) mass is 686 g/mol. The first-order chi connectivity index (χ1) is 26.8. The zero-order valence-electron chi connectivity index (χ0n) is 29.5. The lowest BCUT2D eigenvalue weighted by Crippen LogP contribution is -2.36. The number of fused-ring (bicyclic) bond motifs is 10. The number of pyridine rings is 1. The lowest BCUT2D eigenvalue weighted by molar-refractivity contribution is 0.753. The average molecular weight is 687 g/mol. The van der Waals surface area contributed by atoms with Gasteiger partial charge in [0.15, 0.2) is 0 Å². The zero-order valence-corrected chi connectivity index (χ0v) is 29.5. The van der Waals surface area contributed by atoms with Gasteiger partial charge in [-0.15, -0.1) is 0 Å². The van der Waals surface area contributed by atoms with Crippen molar-refractivity contribution >= 4 is 28.0 Å². The van der Waals surface area contributed by atoms with Crippen LogP contribution >= 0.6 is 0 Å². The Bertz CT molecular complexity index is 2840. The largest absolute Gasteiger partial charge is 0.310 e. The fourth-order valence-electron chi connectivity index (χ4n) is 9.28. The maximum atomic E-state index is 5.22. The van der Waals surface area contributed by atoms with Crippen molar-refractivity contribution in [1.29, 1.82) is 0 Å². The van der Waals surface area contributed by atoms with Gasteiger partial charge in [0.05, 0.1) is 28.0 Å². The molecule has 0 fully saturated rings. The molecule has 1 aliphatic heterocycles. The minimum absolute atomic E-state index is 0.498. The van der Waals surface area contributed by atoms with Crippen LogP contribution in [0.2, 0.25) is 0 Å². The van der Waals surface area contributed by atoms with Crippen molar-refractivity contribution in [1.82, 2.24) is 4.98 Å². The SMILES string of the molecule is c1ccc(-c2cc(-c3cccc(-c4cccc5c4-c4ccccc4C54c5ccccc5N(c5ccccc5)c5ccccc54)c3)nc3ccccc23)cc1. The molecule has 1 aliphatic carbocycles. The Hall–Kier alpha value is -7.03. The van der Waals surface area contributed by atoms with Gasteiger partial charge in [0.2, 0.25) is 0 Å². The van der Waals surface area contributed by atoms with Crippen LogP contribution in [0.4, 0.5) is 17.1 Å². The molecule has 2 nitrogen and oxygen atoms in total. The minimum atomic E-state index is -0.498. The third kappa shape index (κ3) is 4.38. The van der Waals surface area contributed by atoms with Gasteiger partial charge in [-0.3, -0.25) is 0 Å². The van der Waals surface area contributed by atoms with Crippen molar-refractivity contribution in [3.8, 4) is 44.6 Å². The second-order valence-electron chi connectivity index (χ2n) is 14.2.